The van der Waals surface area contributed by atoms with Gasteiger partial charge in [-0.2, -0.15) is 5.10 Å². The van der Waals surface area contributed by atoms with Crippen LogP contribution in [0, 0.1) is 5.92 Å². The van der Waals surface area contributed by atoms with Gasteiger partial charge < -0.3 is 4.74 Å². The van der Waals surface area contributed by atoms with Crippen LogP contribution in [-0.4, -0.2) is 35.7 Å². The number of carbonyl (C=O) groups is 2. The van der Waals surface area contributed by atoms with Gasteiger partial charge in [0, 0.05) is 5.71 Å². The molecule has 1 fully saturated rings. The average Bonchev–Trinajstić information content (AvgIpc) is 2.67. The highest BCUT2D eigenvalue weighted by molar-refractivity contribution is 6.08. The molecular formula is C13H20N2O3. The molecule has 100 valence electrons. The van der Waals surface area contributed by atoms with E-state index in [0.717, 1.165) is 31.4 Å². The summed E-state index contributed by atoms with van der Waals surface area (Å²) < 4.78 is 4.62. The summed E-state index contributed by atoms with van der Waals surface area (Å²) >= 11 is 0. The van der Waals surface area contributed by atoms with E-state index in [2.05, 4.69) is 9.84 Å². The lowest BCUT2D eigenvalue weighted by atomic mass is 9.94. The van der Waals surface area contributed by atoms with Crippen molar-refractivity contribution >= 4 is 17.6 Å². The highest BCUT2D eigenvalue weighted by Gasteiger charge is 2.38. The molecule has 1 unspecified atom stereocenters. The van der Waals surface area contributed by atoms with Crippen molar-refractivity contribution in [3.63, 3.8) is 0 Å². The summed E-state index contributed by atoms with van der Waals surface area (Å²) in [5.41, 5.74) is 0.732. The third kappa shape index (κ3) is 2.54. The van der Waals surface area contributed by atoms with Gasteiger partial charge in [-0.25, -0.2) is 5.01 Å². The third-order valence-corrected chi connectivity index (χ3v) is 3.81. The van der Waals surface area contributed by atoms with Crippen molar-refractivity contribution in [1.29, 1.82) is 0 Å². The number of hydrogen-bond donors (Lipinski definition) is 0. The maximum atomic E-state index is 12.3. The zero-order chi connectivity index (χ0) is 13.1. The second-order valence-electron chi connectivity index (χ2n) is 5.05. The molecule has 0 aromatic heterocycles. The minimum absolute atomic E-state index is 0.0372. The van der Waals surface area contributed by atoms with Crippen LogP contribution in [0.1, 0.15) is 45.4 Å². The Morgan fingerprint density at radius 2 is 2.06 bits per heavy atom. The molecule has 0 aromatic carbocycles. The van der Waals surface area contributed by atoms with Crippen molar-refractivity contribution < 1.29 is 14.3 Å². The molecule has 5 heteroatoms. The van der Waals surface area contributed by atoms with Gasteiger partial charge in [0.05, 0.1) is 25.5 Å². The Hall–Kier alpha value is -1.39. The van der Waals surface area contributed by atoms with Gasteiger partial charge in [0.15, 0.2) is 0 Å². The van der Waals surface area contributed by atoms with Gasteiger partial charge in [-0.15, -0.1) is 0 Å². The molecule has 0 aromatic rings. The third-order valence-electron chi connectivity index (χ3n) is 3.81. The summed E-state index contributed by atoms with van der Waals surface area (Å²) in [5.74, 6) is -0.808. The Balaban J connectivity index is 2.03. The van der Waals surface area contributed by atoms with Crippen LogP contribution in [0.4, 0.5) is 0 Å². The lowest BCUT2D eigenvalue weighted by Crippen LogP contribution is -2.37. The van der Waals surface area contributed by atoms with Gasteiger partial charge in [0.1, 0.15) is 0 Å². The van der Waals surface area contributed by atoms with Crippen molar-refractivity contribution in [3.8, 4) is 0 Å². The number of esters is 1. The fourth-order valence-electron chi connectivity index (χ4n) is 2.70. The van der Waals surface area contributed by atoms with Crippen LogP contribution < -0.4 is 0 Å². The largest absolute Gasteiger partial charge is 0.469 e. The predicted octanol–water partition coefficient (Wildman–Crippen LogP) is 1.72. The molecule has 1 heterocycles. The highest BCUT2D eigenvalue weighted by Crippen LogP contribution is 2.29. The zero-order valence-electron chi connectivity index (χ0n) is 11.0. The molecule has 0 radical (unpaired) electrons. The first kappa shape index (κ1) is 13.1. The number of rotatable bonds is 3. The van der Waals surface area contributed by atoms with Crippen molar-refractivity contribution in [2.75, 3.05) is 7.11 Å². The number of ether oxygens (including phenoxy) is 1. The van der Waals surface area contributed by atoms with E-state index in [4.69, 9.17) is 0 Å². The zero-order valence-corrected chi connectivity index (χ0v) is 11.0. The Kier molecular flexibility index (Phi) is 3.99. The van der Waals surface area contributed by atoms with E-state index in [-0.39, 0.29) is 24.3 Å². The van der Waals surface area contributed by atoms with Crippen LogP contribution in [0.5, 0.6) is 0 Å². The van der Waals surface area contributed by atoms with Crippen molar-refractivity contribution in [2.24, 2.45) is 11.0 Å². The Labute approximate surface area is 107 Å². The normalized spacial score (nSPS) is 25.2. The molecule has 1 saturated carbocycles. The Morgan fingerprint density at radius 3 is 2.67 bits per heavy atom. The second-order valence-corrected chi connectivity index (χ2v) is 5.05. The van der Waals surface area contributed by atoms with E-state index in [0.29, 0.717) is 0 Å². The predicted molar refractivity (Wildman–Crippen MR) is 67.0 cm³/mol. The quantitative estimate of drug-likeness (QED) is 0.718. The first-order valence-corrected chi connectivity index (χ1v) is 6.58. The van der Waals surface area contributed by atoms with E-state index in [1.54, 1.807) is 5.01 Å². The SMILES string of the molecule is COC(=O)CC1C(=O)N(C2CCCCC2)N=C1C. The van der Waals surface area contributed by atoms with E-state index in [1.807, 2.05) is 6.92 Å². The lowest BCUT2D eigenvalue weighted by molar-refractivity contribution is -0.145. The number of nitrogens with zero attached hydrogens (tertiary/aromatic N) is 2. The molecule has 0 spiro atoms. The average molecular weight is 252 g/mol. The topological polar surface area (TPSA) is 59.0 Å². The van der Waals surface area contributed by atoms with Gasteiger partial charge in [-0.3, -0.25) is 9.59 Å². The number of hydrazone groups is 1. The van der Waals surface area contributed by atoms with E-state index >= 15 is 0 Å². The molecular weight excluding hydrogens is 232 g/mol. The number of methoxy groups -OCH3 is 1. The molecule has 0 N–H and O–H groups in total. The molecule has 1 atom stereocenters. The minimum Gasteiger partial charge on any atom is -0.469 e. The lowest BCUT2D eigenvalue weighted by Gasteiger charge is -2.28. The minimum atomic E-state index is -0.417. The molecule has 2 aliphatic rings. The molecule has 1 amide bonds. The summed E-state index contributed by atoms with van der Waals surface area (Å²) in [7, 11) is 1.34. The molecule has 1 aliphatic carbocycles. The summed E-state index contributed by atoms with van der Waals surface area (Å²) in [6.07, 6.45) is 5.71. The first-order valence-electron chi connectivity index (χ1n) is 6.58. The van der Waals surface area contributed by atoms with Gasteiger partial charge in [0.25, 0.3) is 5.91 Å². The van der Waals surface area contributed by atoms with Crippen LogP contribution in [0.2, 0.25) is 0 Å². The summed E-state index contributed by atoms with van der Waals surface area (Å²) in [6.45, 7) is 1.81. The van der Waals surface area contributed by atoms with Crippen LogP contribution >= 0.6 is 0 Å². The molecule has 1 aliphatic heterocycles. The Morgan fingerprint density at radius 1 is 1.39 bits per heavy atom. The second kappa shape index (κ2) is 5.50. The van der Waals surface area contributed by atoms with E-state index in [9.17, 15) is 9.59 Å². The van der Waals surface area contributed by atoms with Crippen LogP contribution in [0.15, 0.2) is 5.10 Å². The maximum Gasteiger partial charge on any atom is 0.306 e. The van der Waals surface area contributed by atoms with Gasteiger partial charge >= 0.3 is 5.97 Å². The van der Waals surface area contributed by atoms with Crippen LogP contribution in [-0.2, 0) is 14.3 Å². The first-order chi connectivity index (χ1) is 8.63. The van der Waals surface area contributed by atoms with Gasteiger partial charge in [-0.05, 0) is 19.8 Å². The molecule has 5 nitrogen and oxygen atoms in total. The smallest absolute Gasteiger partial charge is 0.306 e. The number of carbonyl (C=O) groups excluding carboxylic acids is 2. The molecule has 0 bridgehead atoms. The van der Waals surface area contributed by atoms with Crippen LogP contribution in [0.25, 0.3) is 0 Å². The number of amides is 1. The van der Waals surface area contributed by atoms with Crippen molar-refractivity contribution in [2.45, 2.75) is 51.5 Å². The fourth-order valence-corrected chi connectivity index (χ4v) is 2.70. The van der Waals surface area contributed by atoms with Crippen molar-refractivity contribution in [1.82, 2.24) is 5.01 Å². The molecule has 18 heavy (non-hydrogen) atoms. The van der Waals surface area contributed by atoms with Gasteiger partial charge in [-0.1, -0.05) is 19.3 Å². The van der Waals surface area contributed by atoms with Crippen LogP contribution in [0.3, 0.4) is 0 Å². The summed E-state index contributed by atoms with van der Waals surface area (Å²) in [5, 5.41) is 5.97. The molecule has 0 saturated heterocycles. The molecule has 2 rings (SSSR count). The Bertz CT molecular complexity index is 372. The summed E-state index contributed by atoms with van der Waals surface area (Å²) in [4.78, 5) is 23.6. The van der Waals surface area contributed by atoms with E-state index < -0.39 is 5.92 Å². The maximum absolute atomic E-state index is 12.3. The van der Waals surface area contributed by atoms with Crippen molar-refractivity contribution in [3.05, 3.63) is 0 Å². The highest BCUT2D eigenvalue weighted by atomic mass is 16.5. The monoisotopic (exact) mass is 252 g/mol. The summed E-state index contributed by atoms with van der Waals surface area (Å²) in [6, 6.07) is 0.226. The number of hydrogen-bond acceptors (Lipinski definition) is 4. The van der Waals surface area contributed by atoms with Gasteiger partial charge in [0.2, 0.25) is 0 Å². The fraction of sp³-hybridized carbons (Fsp3) is 0.769. The standard InChI is InChI=1S/C13H20N2O3/c1-9-11(8-12(16)18-2)13(17)15(14-9)10-6-4-3-5-7-10/h10-11H,3-8H2,1-2H3. The van der Waals surface area contributed by atoms with E-state index in [1.165, 1.54) is 13.5 Å².